The van der Waals surface area contributed by atoms with Gasteiger partial charge in [0, 0.05) is 16.6 Å². The first-order valence-corrected chi connectivity index (χ1v) is 8.32. The number of fused-ring (bicyclic) bond motifs is 1. The summed E-state index contributed by atoms with van der Waals surface area (Å²) in [7, 11) is 1.60. The van der Waals surface area contributed by atoms with Crippen molar-refractivity contribution in [2.75, 3.05) is 12.8 Å². The minimum atomic E-state index is -0.0785. The van der Waals surface area contributed by atoms with E-state index in [0.29, 0.717) is 16.1 Å². The normalized spacial score (nSPS) is 10.9. The third kappa shape index (κ3) is 2.92. The van der Waals surface area contributed by atoms with Crippen LogP contribution in [0.15, 0.2) is 36.4 Å². The average Bonchev–Trinajstić information content (AvgIpc) is 2.91. The number of nitrogens with two attached hydrogens (primary N) is 1. The number of nitrogens with zero attached hydrogens (tertiary/aromatic N) is 1. The lowest BCUT2D eigenvalue weighted by Gasteiger charge is -2.02. The van der Waals surface area contributed by atoms with Crippen molar-refractivity contribution in [3.63, 3.8) is 0 Å². The van der Waals surface area contributed by atoms with Crippen LogP contribution in [0.4, 0.5) is 5.69 Å². The van der Waals surface area contributed by atoms with Crippen molar-refractivity contribution in [1.29, 1.82) is 0 Å². The second kappa shape index (κ2) is 6.38. The van der Waals surface area contributed by atoms with E-state index in [2.05, 4.69) is 11.9 Å². The van der Waals surface area contributed by atoms with Crippen molar-refractivity contribution in [1.82, 2.24) is 4.98 Å². The number of aryl methyl sites for hydroxylation is 1. The predicted molar refractivity (Wildman–Crippen MR) is 94.5 cm³/mol. The summed E-state index contributed by atoms with van der Waals surface area (Å²) in [5.74, 6) is 0.641. The quantitative estimate of drug-likeness (QED) is 0.718. The molecule has 0 aliphatic heterocycles. The maximum Gasteiger partial charge on any atom is 0.205 e. The first-order valence-electron chi connectivity index (χ1n) is 7.50. The molecule has 2 N–H and O–H groups in total. The molecule has 0 atom stereocenters. The Morgan fingerprint density at radius 3 is 2.61 bits per heavy atom. The molecule has 23 heavy (non-hydrogen) atoms. The molecule has 0 aliphatic rings. The lowest BCUT2D eigenvalue weighted by molar-refractivity contribution is 0.104. The number of hydrogen-bond acceptors (Lipinski definition) is 5. The van der Waals surface area contributed by atoms with Crippen molar-refractivity contribution in [2.24, 2.45) is 0 Å². The number of aromatic nitrogens is 1. The highest BCUT2D eigenvalue weighted by Gasteiger charge is 2.19. The second-order valence-corrected chi connectivity index (χ2v) is 6.31. The van der Waals surface area contributed by atoms with Crippen molar-refractivity contribution in [3.05, 3.63) is 52.5 Å². The van der Waals surface area contributed by atoms with Gasteiger partial charge in [0.2, 0.25) is 5.78 Å². The van der Waals surface area contributed by atoms with Gasteiger partial charge in [0.15, 0.2) is 0 Å². The topological polar surface area (TPSA) is 65.2 Å². The highest BCUT2D eigenvalue weighted by atomic mass is 32.1. The van der Waals surface area contributed by atoms with E-state index in [9.17, 15) is 4.79 Å². The summed E-state index contributed by atoms with van der Waals surface area (Å²) < 4.78 is 5.12. The molecule has 1 aromatic carbocycles. The molecule has 4 nitrogen and oxygen atoms in total. The van der Waals surface area contributed by atoms with Gasteiger partial charge < -0.3 is 10.5 Å². The molecule has 2 heterocycles. The molecule has 0 aliphatic carbocycles. The van der Waals surface area contributed by atoms with Gasteiger partial charge in [-0.2, -0.15) is 0 Å². The molecule has 0 amide bonds. The Morgan fingerprint density at radius 2 is 1.96 bits per heavy atom. The fourth-order valence-corrected chi connectivity index (χ4v) is 3.55. The Balaban J connectivity index is 2.00. The lowest BCUT2D eigenvalue weighted by Crippen LogP contribution is -2.02. The van der Waals surface area contributed by atoms with Crippen molar-refractivity contribution in [2.45, 2.75) is 19.8 Å². The van der Waals surface area contributed by atoms with Gasteiger partial charge in [0.1, 0.15) is 15.5 Å². The molecule has 0 radical (unpaired) electrons. The van der Waals surface area contributed by atoms with E-state index in [1.54, 1.807) is 31.4 Å². The Kier molecular flexibility index (Phi) is 4.30. The monoisotopic (exact) mass is 326 g/mol. The Bertz CT molecular complexity index is 853. The van der Waals surface area contributed by atoms with E-state index in [4.69, 9.17) is 10.5 Å². The number of pyridine rings is 1. The van der Waals surface area contributed by atoms with Gasteiger partial charge in [-0.1, -0.05) is 13.3 Å². The molecule has 5 heteroatoms. The highest BCUT2D eigenvalue weighted by molar-refractivity contribution is 7.21. The number of nitrogen functional groups attached to an aromatic ring is 1. The third-order valence-electron chi connectivity index (χ3n) is 3.72. The van der Waals surface area contributed by atoms with Crippen LogP contribution in [0.1, 0.15) is 34.3 Å². The number of hydrogen-bond donors (Lipinski definition) is 1. The summed E-state index contributed by atoms with van der Waals surface area (Å²) in [4.78, 5) is 18.7. The Morgan fingerprint density at radius 1 is 1.22 bits per heavy atom. The van der Waals surface area contributed by atoms with E-state index in [1.165, 1.54) is 11.3 Å². The number of anilines is 1. The first-order chi connectivity index (χ1) is 11.1. The molecular formula is C18H18N2O2S. The number of thiophene rings is 1. The van der Waals surface area contributed by atoms with E-state index in [-0.39, 0.29) is 5.78 Å². The van der Waals surface area contributed by atoms with Gasteiger partial charge in [-0.25, -0.2) is 4.98 Å². The third-order valence-corrected chi connectivity index (χ3v) is 4.83. The van der Waals surface area contributed by atoms with Crippen LogP contribution in [0.25, 0.3) is 10.2 Å². The molecule has 0 saturated carbocycles. The number of methoxy groups -OCH3 is 1. The first kappa shape index (κ1) is 15.5. The Hall–Kier alpha value is -2.40. The zero-order chi connectivity index (χ0) is 16.4. The fraction of sp³-hybridized carbons (Fsp3) is 0.222. The van der Waals surface area contributed by atoms with E-state index in [1.807, 2.05) is 12.1 Å². The maximum absolute atomic E-state index is 12.7. The molecule has 3 aromatic rings. The zero-order valence-corrected chi connectivity index (χ0v) is 13.9. The van der Waals surface area contributed by atoms with E-state index >= 15 is 0 Å². The molecule has 0 saturated heterocycles. The summed E-state index contributed by atoms with van der Waals surface area (Å²) in [6, 6.07) is 11.0. The summed E-state index contributed by atoms with van der Waals surface area (Å²) >= 11 is 1.36. The number of ketones is 1. The molecule has 0 unspecified atom stereocenters. The number of ether oxygens (including phenoxy) is 1. The summed E-state index contributed by atoms with van der Waals surface area (Å²) in [6.07, 6.45) is 1.96. The minimum absolute atomic E-state index is 0.0785. The van der Waals surface area contributed by atoms with Gasteiger partial charge in [-0.3, -0.25) is 4.79 Å². The van der Waals surface area contributed by atoms with Crippen LogP contribution < -0.4 is 10.5 Å². The molecule has 2 aromatic heterocycles. The molecule has 0 spiro atoms. The standard InChI is InChI=1S/C18H18N2O2S/c1-3-4-12-7-10-14-15(19)17(23-18(14)20-12)16(21)11-5-8-13(22-2)9-6-11/h5-10H,3-4,19H2,1-2H3. The predicted octanol–water partition coefficient (Wildman–Crippen LogP) is 4.07. The number of benzene rings is 1. The minimum Gasteiger partial charge on any atom is -0.497 e. The summed E-state index contributed by atoms with van der Waals surface area (Å²) in [5, 5.41) is 0.853. The van der Waals surface area contributed by atoms with Gasteiger partial charge in [-0.05, 0) is 42.8 Å². The van der Waals surface area contributed by atoms with Gasteiger partial charge in [-0.15, -0.1) is 11.3 Å². The SMILES string of the molecule is CCCc1ccc2c(N)c(C(=O)c3ccc(OC)cc3)sc2n1. The largest absolute Gasteiger partial charge is 0.497 e. The summed E-state index contributed by atoms with van der Waals surface area (Å²) in [5.41, 5.74) is 8.32. The molecular weight excluding hydrogens is 308 g/mol. The van der Waals surface area contributed by atoms with Crippen molar-refractivity contribution in [3.8, 4) is 5.75 Å². The molecule has 0 bridgehead atoms. The van der Waals surface area contributed by atoms with Gasteiger partial charge in [0.05, 0.1) is 12.8 Å². The van der Waals surface area contributed by atoms with Gasteiger partial charge >= 0.3 is 0 Å². The fourth-order valence-electron chi connectivity index (χ4n) is 2.47. The molecule has 0 fully saturated rings. The van der Waals surface area contributed by atoms with Crippen LogP contribution in [0, 0.1) is 0 Å². The lowest BCUT2D eigenvalue weighted by atomic mass is 10.1. The van der Waals surface area contributed by atoms with Crippen LogP contribution in [0.2, 0.25) is 0 Å². The number of carbonyl (C=O) groups is 1. The average molecular weight is 326 g/mol. The van der Waals surface area contributed by atoms with E-state index in [0.717, 1.165) is 34.5 Å². The van der Waals surface area contributed by atoms with Gasteiger partial charge in [0.25, 0.3) is 0 Å². The van der Waals surface area contributed by atoms with E-state index < -0.39 is 0 Å². The van der Waals surface area contributed by atoms with Crippen molar-refractivity contribution >= 4 is 33.0 Å². The highest BCUT2D eigenvalue weighted by Crippen LogP contribution is 2.34. The molecule has 118 valence electrons. The number of carbonyl (C=O) groups excluding carboxylic acids is 1. The Labute approximate surface area is 138 Å². The van der Waals surface area contributed by atoms with Crippen molar-refractivity contribution < 1.29 is 9.53 Å². The van der Waals surface area contributed by atoms with Crippen LogP contribution in [-0.2, 0) is 6.42 Å². The smallest absolute Gasteiger partial charge is 0.205 e. The maximum atomic E-state index is 12.7. The summed E-state index contributed by atoms with van der Waals surface area (Å²) in [6.45, 7) is 2.12. The molecule has 3 rings (SSSR count). The number of rotatable bonds is 5. The van der Waals surface area contributed by atoms with Crippen LogP contribution in [-0.4, -0.2) is 17.9 Å². The second-order valence-electron chi connectivity index (χ2n) is 5.31. The van der Waals surface area contributed by atoms with Crippen LogP contribution in [0.3, 0.4) is 0 Å². The zero-order valence-electron chi connectivity index (χ0n) is 13.1. The van der Waals surface area contributed by atoms with Crippen LogP contribution in [0.5, 0.6) is 5.75 Å². The van der Waals surface area contributed by atoms with Crippen LogP contribution >= 0.6 is 11.3 Å².